The first-order valence-corrected chi connectivity index (χ1v) is 13.3. The fourth-order valence-electron chi connectivity index (χ4n) is 3.99. The molecule has 0 nitrogen and oxygen atoms in total. The number of rotatable bonds is 5. The van der Waals surface area contributed by atoms with Gasteiger partial charge in [-0.15, -0.1) is 17.0 Å². The average Bonchev–Trinajstić information content (AvgIpc) is 2.76. The van der Waals surface area contributed by atoms with Crippen molar-refractivity contribution in [1.29, 1.82) is 0 Å². The summed E-state index contributed by atoms with van der Waals surface area (Å²) < 4.78 is 0. The Kier molecular flexibility index (Phi) is 6.51. The molecular formula is C25H25BrP2. The van der Waals surface area contributed by atoms with Crippen LogP contribution in [-0.4, -0.2) is 0 Å². The summed E-state index contributed by atoms with van der Waals surface area (Å²) in [7, 11) is 3.40. The Labute approximate surface area is 180 Å². The van der Waals surface area contributed by atoms with Crippen LogP contribution in [0, 0.1) is 0 Å². The van der Waals surface area contributed by atoms with Crippen molar-refractivity contribution < 1.29 is 0 Å². The van der Waals surface area contributed by atoms with Crippen LogP contribution in [0.4, 0.5) is 0 Å². The van der Waals surface area contributed by atoms with Gasteiger partial charge < -0.3 is 0 Å². The first kappa shape index (κ1) is 20.9. The Bertz CT molecular complexity index is 904. The van der Waals surface area contributed by atoms with Crippen LogP contribution in [0.3, 0.4) is 0 Å². The normalized spacial score (nSPS) is 12.4. The van der Waals surface area contributed by atoms with Gasteiger partial charge in [0.1, 0.15) is 0 Å². The molecule has 0 aliphatic carbocycles. The summed E-state index contributed by atoms with van der Waals surface area (Å²) in [5.41, 5.74) is 1.36. The van der Waals surface area contributed by atoms with E-state index in [4.69, 9.17) is 0 Å². The molecule has 0 fully saturated rings. The average molecular weight is 467 g/mol. The third-order valence-electron chi connectivity index (χ3n) is 5.39. The van der Waals surface area contributed by atoms with E-state index >= 15 is 0 Å². The molecule has 1 unspecified atom stereocenters. The second kappa shape index (κ2) is 8.71. The molecule has 4 aromatic rings. The van der Waals surface area contributed by atoms with Crippen LogP contribution in [0.1, 0.15) is 5.56 Å². The van der Waals surface area contributed by atoms with Crippen LogP contribution >= 0.6 is 32.2 Å². The molecule has 142 valence electrons. The predicted molar refractivity (Wildman–Crippen MR) is 135 cm³/mol. The van der Waals surface area contributed by atoms with Gasteiger partial charge in [-0.2, -0.15) is 0 Å². The minimum atomic E-state index is -2.76. The van der Waals surface area contributed by atoms with Gasteiger partial charge in [0.15, 0.2) is 0 Å². The molecule has 0 saturated heterocycles. The van der Waals surface area contributed by atoms with E-state index in [-0.39, 0.29) is 17.0 Å². The van der Waals surface area contributed by atoms with E-state index in [0.29, 0.717) is 0 Å². The topological polar surface area (TPSA) is 0 Å². The van der Waals surface area contributed by atoms with Crippen LogP contribution in [-0.2, 0) is 6.16 Å². The van der Waals surface area contributed by atoms with Gasteiger partial charge in [-0.3, -0.25) is 0 Å². The van der Waals surface area contributed by atoms with Gasteiger partial charge in [0.05, 0.1) is 0 Å². The monoisotopic (exact) mass is 466 g/mol. The summed E-state index contributed by atoms with van der Waals surface area (Å²) in [6.45, 7) is 0. The van der Waals surface area contributed by atoms with Gasteiger partial charge in [0.2, 0.25) is 0 Å². The summed E-state index contributed by atoms with van der Waals surface area (Å²) in [4.78, 5) is 0. The Morgan fingerprint density at radius 2 is 0.750 bits per heavy atom. The Morgan fingerprint density at radius 3 is 1.07 bits per heavy atom. The third kappa shape index (κ3) is 3.60. The predicted octanol–water partition coefficient (Wildman–Crippen LogP) is 6.08. The van der Waals surface area contributed by atoms with Gasteiger partial charge in [-0.25, -0.2) is 0 Å². The zero-order valence-electron chi connectivity index (χ0n) is 15.7. The van der Waals surface area contributed by atoms with E-state index in [9.17, 15) is 0 Å². The van der Waals surface area contributed by atoms with E-state index in [1.165, 1.54) is 21.5 Å². The van der Waals surface area contributed by atoms with E-state index in [1.807, 2.05) is 0 Å². The second-order valence-corrected chi connectivity index (χ2v) is 15.1. The van der Waals surface area contributed by atoms with Gasteiger partial charge in [-0.1, -0.05) is 0 Å². The quantitative estimate of drug-likeness (QED) is 0.312. The molecule has 3 heteroatoms. The molecule has 0 N–H and O–H groups in total. The van der Waals surface area contributed by atoms with Crippen molar-refractivity contribution in [3.8, 4) is 0 Å². The molecular weight excluding hydrogens is 442 g/mol. The molecule has 0 saturated carbocycles. The number of hydrogen-bond donors (Lipinski definition) is 0. The molecule has 28 heavy (non-hydrogen) atoms. The maximum absolute atomic E-state index is 3.40. The standard InChI is InChI=1S/C25H24P2.BrH/c26-27(23-15-7-2-8-16-23,24-17-9-3-10-18-24,25-19-11-4-12-20-25)21-22-13-5-1-6-14-22;/h1-20H,21,26H2;1H. The van der Waals surface area contributed by atoms with Gasteiger partial charge >= 0.3 is 164 Å². The van der Waals surface area contributed by atoms with Gasteiger partial charge in [0.25, 0.3) is 0 Å². The molecule has 0 aromatic heterocycles. The van der Waals surface area contributed by atoms with E-state index in [1.54, 1.807) is 0 Å². The van der Waals surface area contributed by atoms with E-state index in [2.05, 4.69) is 130 Å². The molecule has 4 rings (SSSR count). The van der Waals surface area contributed by atoms with Crippen LogP contribution in [0.25, 0.3) is 0 Å². The van der Waals surface area contributed by atoms with Crippen molar-refractivity contribution in [2.45, 2.75) is 6.16 Å². The Balaban J connectivity index is 0.00000225. The fourth-order valence-corrected chi connectivity index (χ4v) is 11.1. The molecule has 0 radical (unpaired) electrons. The van der Waals surface area contributed by atoms with Gasteiger partial charge in [-0.05, 0) is 0 Å². The Morgan fingerprint density at radius 1 is 0.464 bits per heavy atom. The van der Waals surface area contributed by atoms with Crippen molar-refractivity contribution >= 4 is 48.1 Å². The molecule has 0 amide bonds. The van der Waals surface area contributed by atoms with Crippen LogP contribution < -0.4 is 15.9 Å². The van der Waals surface area contributed by atoms with Crippen molar-refractivity contribution in [1.82, 2.24) is 0 Å². The fraction of sp³-hybridized carbons (Fsp3) is 0.0400. The third-order valence-corrected chi connectivity index (χ3v) is 14.1. The Hall–Kier alpha value is -1.78. The number of benzene rings is 4. The number of halogens is 1. The summed E-state index contributed by atoms with van der Waals surface area (Å²) >= 11 is 0. The van der Waals surface area contributed by atoms with Gasteiger partial charge in [0, 0.05) is 0 Å². The summed E-state index contributed by atoms with van der Waals surface area (Å²) in [6.07, 6.45) is -1.78. The van der Waals surface area contributed by atoms with E-state index < -0.39 is 6.29 Å². The molecule has 1 atom stereocenters. The minimum absolute atomic E-state index is 0. The summed E-state index contributed by atoms with van der Waals surface area (Å²) in [5, 5.41) is 4.19. The SMILES string of the molecule is Br.PP(Cc1ccccc1)(c1ccccc1)(c1ccccc1)c1ccccc1. The summed E-state index contributed by atoms with van der Waals surface area (Å²) in [5.74, 6) is 0. The zero-order valence-corrected chi connectivity index (χ0v) is 19.4. The number of hydrogen-bond acceptors (Lipinski definition) is 0. The molecule has 0 heterocycles. The van der Waals surface area contributed by atoms with Crippen molar-refractivity contribution in [3.05, 3.63) is 127 Å². The second-order valence-electron chi connectivity index (χ2n) is 7.03. The van der Waals surface area contributed by atoms with Crippen molar-refractivity contribution in [2.24, 2.45) is 0 Å². The molecule has 0 aliphatic heterocycles. The van der Waals surface area contributed by atoms with Crippen molar-refractivity contribution in [3.63, 3.8) is 0 Å². The van der Waals surface area contributed by atoms with Crippen LogP contribution in [0.2, 0.25) is 0 Å². The maximum atomic E-state index is 3.40. The van der Waals surface area contributed by atoms with Crippen molar-refractivity contribution in [2.75, 3.05) is 0 Å². The molecule has 0 aliphatic rings. The van der Waals surface area contributed by atoms with Crippen LogP contribution in [0.5, 0.6) is 0 Å². The molecule has 4 aromatic carbocycles. The van der Waals surface area contributed by atoms with Crippen LogP contribution in [0.15, 0.2) is 121 Å². The first-order valence-electron chi connectivity index (χ1n) is 9.24. The zero-order chi connectivity index (χ0) is 18.6. The molecule has 0 bridgehead atoms. The van der Waals surface area contributed by atoms with E-state index in [0.717, 1.165) is 6.16 Å². The summed E-state index contributed by atoms with van der Waals surface area (Å²) in [6, 6.07) is 44.0. The molecule has 0 spiro atoms. The first-order chi connectivity index (χ1) is 13.2.